The first-order valence-corrected chi connectivity index (χ1v) is 5.41. The monoisotopic (exact) mass is 242 g/mol. The van der Waals surface area contributed by atoms with Crippen LogP contribution in [0.2, 0.25) is 0 Å². The molecule has 0 spiro atoms. The van der Waals surface area contributed by atoms with Gasteiger partial charge < -0.3 is 9.40 Å². The first-order chi connectivity index (χ1) is 8.72. The first-order valence-electron chi connectivity index (χ1n) is 5.41. The minimum atomic E-state index is -0.282. The number of aryl methyl sites for hydroxylation is 1. The summed E-state index contributed by atoms with van der Waals surface area (Å²) >= 11 is 0. The molecule has 3 aromatic rings. The van der Waals surface area contributed by atoms with Gasteiger partial charge >= 0.3 is 6.01 Å². The highest BCUT2D eigenvalue weighted by molar-refractivity contribution is 6.05. The number of aromatic amines is 1. The van der Waals surface area contributed by atoms with Crippen LogP contribution in [0.1, 0.15) is 16.2 Å². The molecule has 0 aliphatic rings. The number of hydrogen-bond acceptors (Lipinski definition) is 4. The molecule has 0 atom stereocenters. The van der Waals surface area contributed by atoms with E-state index in [4.69, 9.17) is 4.42 Å². The second-order valence-electron chi connectivity index (χ2n) is 3.86. The molecule has 0 unspecified atom stereocenters. The Hall–Kier alpha value is -2.63. The van der Waals surface area contributed by atoms with Crippen LogP contribution >= 0.6 is 0 Å². The maximum Gasteiger partial charge on any atom is 0.322 e. The Morgan fingerprint density at radius 1 is 1.33 bits per heavy atom. The Labute approximate surface area is 102 Å². The zero-order valence-electron chi connectivity index (χ0n) is 9.60. The average molecular weight is 242 g/mol. The van der Waals surface area contributed by atoms with Gasteiger partial charge in [0.2, 0.25) is 5.89 Å². The molecule has 2 aromatic heterocycles. The molecular formula is C12H10N4O2. The molecule has 0 aliphatic heterocycles. The fraction of sp³-hybridized carbons (Fsp3) is 0.0833. The molecule has 0 saturated heterocycles. The molecule has 18 heavy (non-hydrogen) atoms. The van der Waals surface area contributed by atoms with E-state index in [2.05, 4.69) is 20.5 Å². The number of H-pyrrole nitrogens is 1. The Morgan fingerprint density at radius 3 is 3.00 bits per heavy atom. The zero-order chi connectivity index (χ0) is 12.5. The van der Waals surface area contributed by atoms with Crippen molar-refractivity contribution in [2.24, 2.45) is 0 Å². The molecule has 6 heteroatoms. The topological polar surface area (TPSA) is 83.8 Å². The molecule has 0 radical (unpaired) electrons. The number of benzene rings is 1. The second kappa shape index (κ2) is 3.99. The van der Waals surface area contributed by atoms with E-state index in [0.717, 1.165) is 10.9 Å². The van der Waals surface area contributed by atoms with Crippen molar-refractivity contribution in [1.29, 1.82) is 0 Å². The third-order valence-corrected chi connectivity index (χ3v) is 2.56. The van der Waals surface area contributed by atoms with Gasteiger partial charge in [-0.15, -0.1) is 5.10 Å². The van der Waals surface area contributed by atoms with Crippen LogP contribution in [-0.4, -0.2) is 21.1 Å². The minimum absolute atomic E-state index is 0.101. The number of rotatable bonds is 2. The van der Waals surface area contributed by atoms with Crippen LogP contribution in [0.3, 0.4) is 0 Å². The van der Waals surface area contributed by atoms with Crippen molar-refractivity contribution in [2.75, 3.05) is 5.32 Å². The smallest absolute Gasteiger partial charge is 0.322 e. The number of aromatic nitrogens is 3. The molecular weight excluding hydrogens is 232 g/mol. The summed E-state index contributed by atoms with van der Waals surface area (Å²) in [6, 6.07) is 7.44. The quantitative estimate of drug-likeness (QED) is 0.720. The standard InChI is InChI=1S/C12H10N4O2/c1-7-15-16-12(18-7)14-11(17)9-3-2-8-4-5-13-10(8)6-9/h2-6,13H,1H3,(H,14,16,17). The van der Waals surface area contributed by atoms with Crippen LogP contribution in [-0.2, 0) is 0 Å². The van der Waals surface area contributed by atoms with Crippen LogP contribution in [0.5, 0.6) is 0 Å². The first kappa shape index (κ1) is 10.5. The van der Waals surface area contributed by atoms with E-state index in [-0.39, 0.29) is 11.9 Å². The Bertz CT molecular complexity index is 714. The van der Waals surface area contributed by atoms with Crippen molar-refractivity contribution >= 4 is 22.8 Å². The van der Waals surface area contributed by atoms with E-state index in [1.807, 2.05) is 18.3 Å². The highest BCUT2D eigenvalue weighted by Crippen LogP contribution is 2.15. The summed E-state index contributed by atoms with van der Waals surface area (Å²) in [6.07, 6.45) is 1.83. The lowest BCUT2D eigenvalue weighted by Crippen LogP contribution is -2.11. The molecule has 90 valence electrons. The summed E-state index contributed by atoms with van der Waals surface area (Å²) in [5, 5.41) is 10.9. The number of carbonyl (C=O) groups is 1. The number of carbonyl (C=O) groups excluding carboxylic acids is 1. The predicted octanol–water partition coefficient (Wildman–Crippen LogP) is 2.11. The lowest BCUT2D eigenvalue weighted by atomic mass is 10.1. The van der Waals surface area contributed by atoms with E-state index < -0.39 is 0 Å². The van der Waals surface area contributed by atoms with E-state index in [1.165, 1.54) is 0 Å². The third-order valence-electron chi connectivity index (χ3n) is 2.56. The third kappa shape index (κ3) is 1.84. The fourth-order valence-electron chi connectivity index (χ4n) is 1.71. The summed E-state index contributed by atoms with van der Waals surface area (Å²) < 4.78 is 5.09. The van der Waals surface area contributed by atoms with Crippen molar-refractivity contribution in [1.82, 2.24) is 15.2 Å². The SMILES string of the molecule is Cc1nnc(NC(=O)c2ccc3cc[nH]c3c2)o1. The number of nitrogens with zero attached hydrogens (tertiary/aromatic N) is 2. The van der Waals surface area contributed by atoms with Crippen LogP contribution in [0.4, 0.5) is 6.01 Å². The largest absolute Gasteiger partial charge is 0.408 e. The van der Waals surface area contributed by atoms with Crippen molar-refractivity contribution in [3.63, 3.8) is 0 Å². The van der Waals surface area contributed by atoms with Gasteiger partial charge in [0.15, 0.2) is 0 Å². The summed E-state index contributed by atoms with van der Waals surface area (Å²) in [7, 11) is 0. The summed E-state index contributed by atoms with van der Waals surface area (Å²) in [6.45, 7) is 1.66. The number of fused-ring (bicyclic) bond motifs is 1. The van der Waals surface area contributed by atoms with Gasteiger partial charge in [-0.25, -0.2) is 0 Å². The van der Waals surface area contributed by atoms with Gasteiger partial charge in [-0.3, -0.25) is 10.1 Å². The molecule has 2 heterocycles. The van der Waals surface area contributed by atoms with Crippen molar-refractivity contribution in [2.45, 2.75) is 6.92 Å². The van der Waals surface area contributed by atoms with Gasteiger partial charge in [-0.1, -0.05) is 11.2 Å². The number of hydrogen-bond donors (Lipinski definition) is 2. The van der Waals surface area contributed by atoms with Crippen molar-refractivity contribution in [3.8, 4) is 0 Å². The van der Waals surface area contributed by atoms with Gasteiger partial charge in [-0.05, 0) is 23.6 Å². The van der Waals surface area contributed by atoms with Crippen LogP contribution in [0.25, 0.3) is 10.9 Å². The Balaban J connectivity index is 1.87. The van der Waals surface area contributed by atoms with Gasteiger partial charge in [0, 0.05) is 24.2 Å². The summed E-state index contributed by atoms with van der Waals surface area (Å²) in [5.74, 6) is 0.125. The molecule has 0 fully saturated rings. The van der Waals surface area contributed by atoms with E-state index >= 15 is 0 Å². The number of amides is 1. The van der Waals surface area contributed by atoms with Crippen molar-refractivity contribution in [3.05, 3.63) is 41.9 Å². The van der Waals surface area contributed by atoms with Gasteiger partial charge in [0.25, 0.3) is 5.91 Å². The normalized spacial score (nSPS) is 10.7. The van der Waals surface area contributed by atoms with Crippen LogP contribution < -0.4 is 5.32 Å². The molecule has 0 bridgehead atoms. The molecule has 2 N–H and O–H groups in total. The zero-order valence-corrected chi connectivity index (χ0v) is 9.60. The number of anilines is 1. The molecule has 6 nitrogen and oxygen atoms in total. The van der Waals surface area contributed by atoms with Crippen molar-refractivity contribution < 1.29 is 9.21 Å². The second-order valence-corrected chi connectivity index (χ2v) is 3.86. The Morgan fingerprint density at radius 2 is 2.22 bits per heavy atom. The van der Waals surface area contributed by atoms with Gasteiger partial charge in [0.1, 0.15) is 0 Å². The summed E-state index contributed by atoms with van der Waals surface area (Å²) in [5.41, 5.74) is 1.44. The average Bonchev–Trinajstić information content (AvgIpc) is 2.96. The lowest BCUT2D eigenvalue weighted by molar-refractivity contribution is 0.102. The molecule has 3 rings (SSSR count). The minimum Gasteiger partial charge on any atom is -0.408 e. The van der Waals surface area contributed by atoms with Crippen LogP contribution in [0.15, 0.2) is 34.9 Å². The van der Waals surface area contributed by atoms with E-state index in [9.17, 15) is 4.79 Å². The van der Waals surface area contributed by atoms with E-state index in [0.29, 0.717) is 11.5 Å². The lowest BCUT2D eigenvalue weighted by Gasteiger charge is -2.00. The number of nitrogens with one attached hydrogen (secondary N) is 2. The molecule has 1 aromatic carbocycles. The highest BCUT2D eigenvalue weighted by Gasteiger charge is 2.10. The molecule has 0 aliphatic carbocycles. The Kier molecular flexibility index (Phi) is 2.33. The fourth-order valence-corrected chi connectivity index (χ4v) is 1.71. The van der Waals surface area contributed by atoms with Crippen LogP contribution in [0, 0.1) is 6.92 Å². The van der Waals surface area contributed by atoms with Gasteiger partial charge in [0.05, 0.1) is 0 Å². The van der Waals surface area contributed by atoms with Gasteiger partial charge in [-0.2, -0.15) is 0 Å². The highest BCUT2D eigenvalue weighted by atomic mass is 16.4. The maximum atomic E-state index is 11.9. The predicted molar refractivity (Wildman–Crippen MR) is 65.3 cm³/mol. The summed E-state index contributed by atoms with van der Waals surface area (Å²) in [4.78, 5) is 15.0. The molecule has 0 saturated carbocycles. The van der Waals surface area contributed by atoms with E-state index in [1.54, 1.807) is 19.1 Å². The molecule has 1 amide bonds. The maximum absolute atomic E-state index is 11.9.